The lowest BCUT2D eigenvalue weighted by Gasteiger charge is -2.28. The molecule has 1 atom stereocenters. The van der Waals surface area contributed by atoms with Crippen LogP contribution >= 0.6 is 11.6 Å². The van der Waals surface area contributed by atoms with Crippen molar-refractivity contribution in [3.63, 3.8) is 0 Å². The molecule has 2 N–H and O–H groups in total. The van der Waals surface area contributed by atoms with Crippen LogP contribution in [0, 0.1) is 0 Å². The van der Waals surface area contributed by atoms with Crippen LogP contribution in [0.3, 0.4) is 0 Å². The fraction of sp³-hybridized carbons (Fsp3) is 0.400. The molecule has 0 aromatic heterocycles. The number of carbonyl (C=O) groups excluding carboxylic acids is 2. The maximum atomic E-state index is 12.3. The number of carbonyl (C=O) groups is 3. The minimum atomic E-state index is -1.10. The fourth-order valence-corrected chi connectivity index (χ4v) is 1.98. The highest BCUT2D eigenvalue weighted by atomic mass is 35.5. The van der Waals surface area contributed by atoms with Gasteiger partial charge >= 0.3 is 5.97 Å². The highest BCUT2D eigenvalue weighted by Gasteiger charge is 2.26. The third-order valence-electron chi connectivity index (χ3n) is 3.04. The Hall–Kier alpha value is -2.08. The summed E-state index contributed by atoms with van der Waals surface area (Å²) in [5.74, 6) is -1.96. The number of aliphatic carboxylic acids is 1. The zero-order valence-corrected chi connectivity index (χ0v) is 13.4. The van der Waals surface area contributed by atoms with Crippen LogP contribution in [-0.2, 0) is 9.59 Å². The fourth-order valence-electron chi connectivity index (χ4n) is 1.85. The lowest BCUT2D eigenvalue weighted by molar-refractivity contribution is -0.146. The predicted molar refractivity (Wildman–Crippen MR) is 82.9 cm³/mol. The molecule has 0 saturated carbocycles. The van der Waals surface area contributed by atoms with E-state index in [1.54, 1.807) is 38.1 Å². The van der Waals surface area contributed by atoms with Crippen molar-refractivity contribution >= 4 is 29.4 Å². The van der Waals surface area contributed by atoms with E-state index < -0.39 is 30.4 Å². The molecular weight excluding hydrogens is 308 g/mol. The molecule has 0 bridgehead atoms. The van der Waals surface area contributed by atoms with Gasteiger partial charge in [0.15, 0.2) is 0 Å². The molecule has 0 aliphatic heterocycles. The Labute approximate surface area is 134 Å². The molecule has 22 heavy (non-hydrogen) atoms. The molecule has 1 rings (SSSR count). The first-order valence-electron chi connectivity index (χ1n) is 6.81. The molecule has 1 aromatic carbocycles. The SMILES string of the molecule is CC(NC(=O)c1ccc(Cl)cc1)C(=O)N(CC(=O)O)C(C)C. The summed E-state index contributed by atoms with van der Waals surface area (Å²) in [5.41, 5.74) is 0.374. The van der Waals surface area contributed by atoms with Crippen molar-refractivity contribution in [3.8, 4) is 0 Å². The number of nitrogens with one attached hydrogen (secondary N) is 1. The molecule has 1 aromatic rings. The number of hydrogen-bond acceptors (Lipinski definition) is 3. The minimum Gasteiger partial charge on any atom is -0.480 e. The molecule has 1 unspecified atom stereocenters. The average Bonchev–Trinajstić information content (AvgIpc) is 2.44. The van der Waals surface area contributed by atoms with Gasteiger partial charge in [0.2, 0.25) is 5.91 Å². The first-order chi connectivity index (χ1) is 10.2. The van der Waals surface area contributed by atoms with Gasteiger partial charge in [-0.2, -0.15) is 0 Å². The van der Waals surface area contributed by atoms with Crippen molar-refractivity contribution in [1.29, 1.82) is 0 Å². The Balaban J connectivity index is 2.75. The van der Waals surface area contributed by atoms with Crippen LogP contribution in [0.25, 0.3) is 0 Å². The van der Waals surface area contributed by atoms with Gasteiger partial charge in [0, 0.05) is 16.6 Å². The highest BCUT2D eigenvalue weighted by molar-refractivity contribution is 6.30. The molecular formula is C15H19ClN2O4. The summed E-state index contributed by atoms with van der Waals surface area (Å²) in [7, 11) is 0. The summed E-state index contributed by atoms with van der Waals surface area (Å²) < 4.78 is 0. The Bertz CT molecular complexity index is 557. The molecule has 7 heteroatoms. The second kappa shape index (κ2) is 7.79. The monoisotopic (exact) mass is 326 g/mol. The third kappa shape index (κ3) is 5.04. The van der Waals surface area contributed by atoms with E-state index in [-0.39, 0.29) is 6.04 Å². The first kappa shape index (κ1) is 18.0. The van der Waals surface area contributed by atoms with Gasteiger partial charge in [0.05, 0.1) is 0 Å². The molecule has 2 amide bonds. The van der Waals surface area contributed by atoms with Gasteiger partial charge in [-0.05, 0) is 45.0 Å². The number of carboxylic acids is 1. The van der Waals surface area contributed by atoms with Crippen molar-refractivity contribution < 1.29 is 19.5 Å². The number of hydrogen-bond donors (Lipinski definition) is 2. The van der Waals surface area contributed by atoms with Gasteiger partial charge in [-0.3, -0.25) is 14.4 Å². The van der Waals surface area contributed by atoms with Gasteiger partial charge in [0.25, 0.3) is 5.91 Å². The standard InChI is InChI=1S/C15H19ClN2O4/c1-9(2)18(8-13(19)20)15(22)10(3)17-14(21)11-4-6-12(16)7-5-11/h4-7,9-10H,8H2,1-3H3,(H,17,21)(H,19,20). The summed E-state index contributed by atoms with van der Waals surface area (Å²) in [6.07, 6.45) is 0. The molecule has 0 aliphatic carbocycles. The van der Waals surface area contributed by atoms with Gasteiger partial charge in [-0.1, -0.05) is 11.6 Å². The van der Waals surface area contributed by atoms with Gasteiger partial charge in [-0.25, -0.2) is 0 Å². The zero-order chi connectivity index (χ0) is 16.9. The second-order valence-corrected chi connectivity index (χ2v) is 5.59. The van der Waals surface area contributed by atoms with Crippen LogP contribution in [0.4, 0.5) is 0 Å². The van der Waals surface area contributed by atoms with Crippen LogP contribution in [0.5, 0.6) is 0 Å². The predicted octanol–water partition coefficient (Wildman–Crippen LogP) is 1.78. The number of halogens is 1. The number of nitrogens with zero attached hydrogens (tertiary/aromatic N) is 1. The summed E-state index contributed by atoms with van der Waals surface area (Å²) in [4.78, 5) is 36.3. The van der Waals surface area contributed by atoms with E-state index in [1.165, 1.54) is 11.8 Å². The Morgan fingerprint density at radius 1 is 1.18 bits per heavy atom. The summed E-state index contributed by atoms with van der Waals surface area (Å²) in [6, 6.07) is 5.14. The van der Waals surface area contributed by atoms with Gasteiger partial charge in [0.1, 0.15) is 12.6 Å². The maximum Gasteiger partial charge on any atom is 0.323 e. The largest absolute Gasteiger partial charge is 0.480 e. The molecule has 6 nitrogen and oxygen atoms in total. The third-order valence-corrected chi connectivity index (χ3v) is 3.29. The van der Waals surface area contributed by atoms with E-state index in [1.807, 2.05) is 0 Å². The van der Waals surface area contributed by atoms with E-state index in [2.05, 4.69) is 5.32 Å². The lowest BCUT2D eigenvalue weighted by Crippen LogP contribution is -2.50. The molecule has 0 spiro atoms. The molecule has 0 fully saturated rings. The number of benzene rings is 1. The number of amides is 2. The zero-order valence-electron chi connectivity index (χ0n) is 12.7. The normalized spacial score (nSPS) is 11.9. The molecule has 0 aliphatic rings. The summed E-state index contributed by atoms with van der Waals surface area (Å²) in [6.45, 7) is 4.55. The van der Waals surface area contributed by atoms with Crippen molar-refractivity contribution in [3.05, 3.63) is 34.9 Å². The first-order valence-corrected chi connectivity index (χ1v) is 7.19. The average molecular weight is 327 g/mol. The summed E-state index contributed by atoms with van der Waals surface area (Å²) in [5, 5.41) is 11.9. The molecule has 0 heterocycles. The van der Waals surface area contributed by atoms with Crippen molar-refractivity contribution in [1.82, 2.24) is 10.2 Å². The van der Waals surface area contributed by atoms with Crippen LogP contribution in [0.2, 0.25) is 5.02 Å². The smallest absolute Gasteiger partial charge is 0.323 e. The highest BCUT2D eigenvalue weighted by Crippen LogP contribution is 2.10. The molecule has 0 radical (unpaired) electrons. The maximum absolute atomic E-state index is 12.3. The Morgan fingerprint density at radius 3 is 2.18 bits per heavy atom. The van der Waals surface area contributed by atoms with Crippen molar-refractivity contribution in [2.75, 3.05) is 6.54 Å². The Kier molecular flexibility index (Phi) is 6.37. The van der Waals surface area contributed by atoms with Crippen LogP contribution in [-0.4, -0.2) is 46.4 Å². The van der Waals surface area contributed by atoms with Gasteiger partial charge < -0.3 is 15.3 Å². The van der Waals surface area contributed by atoms with Crippen LogP contribution < -0.4 is 5.32 Å². The van der Waals surface area contributed by atoms with E-state index >= 15 is 0 Å². The van der Waals surface area contributed by atoms with E-state index in [0.29, 0.717) is 10.6 Å². The van der Waals surface area contributed by atoms with Crippen molar-refractivity contribution in [2.24, 2.45) is 0 Å². The van der Waals surface area contributed by atoms with Crippen LogP contribution in [0.1, 0.15) is 31.1 Å². The minimum absolute atomic E-state index is 0.279. The van der Waals surface area contributed by atoms with E-state index in [0.717, 1.165) is 0 Å². The number of rotatable bonds is 6. The topological polar surface area (TPSA) is 86.7 Å². The van der Waals surface area contributed by atoms with E-state index in [4.69, 9.17) is 16.7 Å². The van der Waals surface area contributed by atoms with Crippen LogP contribution in [0.15, 0.2) is 24.3 Å². The Morgan fingerprint density at radius 2 is 1.73 bits per heavy atom. The quantitative estimate of drug-likeness (QED) is 0.834. The van der Waals surface area contributed by atoms with E-state index in [9.17, 15) is 14.4 Å². The number of carboxylic acid groups (broad SMARTS) is 1. The molecule has 120 valence electrons. The molecule has 0 saturated heterocycles. The van der Waals surface area contributed by atoms with Gasteiger partial charge in [-0.15, -0.1) is 0 Å². The second-order valence-electron chi connectivity index (χ2n) is 5.16. The van der Waals surface area contributed by atoms with Crippen molar-refractivity contribution in [2.45, 2.75) is 32.9 Å². The lowest BCUT2D eigenvalue weighted by atomic mass is 10.2. The summed E-state index contributed by atoms with van der Waals surface area (Å²) >= 11 is 5.75.